The average Bonchev–Trinajstić information content (AvgIpc) is 2.80. The number of hydrogen-bond acceptors (Lipinski definition) is 4. The second-order valence-electron chi connectivity index (χ2n) is 9.36. The van der Waals surface area contributed by atoms with Gasteiger partial charge in [0, 0.05) is 32.0 Å². The van der Waals surface area contributed by atoms with Gasteiger partial charge < -0.3 is 19.9 Å². The van der Waals surface area contributed by atoms with E-state index in [2.05, 4.69) is 5.32 Å². The highest BCUT2D eigenvalue weighted by Gasteiger charge is 2.24. The number of aliphatic hydroxyl groups excluding tert-OH is 1. The third-order valence-corrected chi connectivity index (χ3v) is 6.15. The lowest BCUT2D eigenvalue weighted by molar-refractivity contribution is 0.0678. The molecule has 0 spiro atoms. The van der Waals surface area contributed by atoms with Crippen LogP contribution in [0.1, 0.15) is 78.3 Å². The Balaban J connectivity index is 1.88. The van der Waals surface area contributed by atoms with E-state index in [1.165, 1.54) is 24.2 Å². The largest absolute Gasteiger partial charge is 0.387 e. The van der Waals surface area contributed by atoms with Crippen molar-refractivity contribution in [3.05, 3.63) is 69.6 Å². The van der Waals surface area contributed by atoms with Crippen LogP contribution in [0.4, 0.5) is 0 Å². The van der Waals surface area contributed by atoms with Crippen molar-refractivity contribution in [1.29, 1.82) is 0 Å². The molecule has 1 aliphatic carbocycles. The predicted octanol–water partition coefficient (Wildman–Crippen LogP) is 3.37. The van der Waals surface area contributed by atoms with Crippen LogP contribution >= 0.6 is 0 Å². The molecular weight excluding hydrogens is 418 g/mol. The van der Waals surface area contributed by atoms with Crippen LogP contribution in [-0.4, -0.2) is 46.0 Å². The number of pyridine rings is 1. The molecule has 7 heteroatoms. The summed E-state index contributed by atoms with van der Waals surface area (Å²) in [6, 6.07) is 8.94. The van der Waals surface area contributed by atoms with Crippen molar-refractivity contribution in [2.24, 2.45) is 5.92 Å². The van der Waals surface area contributed by atoms with E-state index in [0.717, 1.165) is 12.8 Å². The number of nitrogens with one attached hydrogen (secondary N) is 1. The maximum atomic E-state index is 13.2. The molecule has 0 saturated heterocycles. The SMILES string of the molecule is CC(C)NC(=O)c1cn(CC2CCCCC2)cc(C(=O)N(C)C[C@@H](O)c2ccccc2)c1=O. The molecule has 1 heterocycles. The van der Waals surface area contributed by atoms with Crippen LogP contribution < -0.4 is 10.7 Å². The lowest BCUT2D eigenvalue weighted by atomic mass is 9.89. The van der Waals surface area contributed by atoms with Gasteiger partial charge in [0.2, 0.25) is 5.43 Å². The van der Waals surface area contributed by atoms with Gasteiger partial charge in [0.1, 0.15) is 11.1 Å². The van der Waals surface area contributed by atoms with Crippen LogP contribution in [0.15, 0.2) is 47.5 Å². The summed E-state index contributed by atoms with van der Waals surface area (Å²) in [4.78, 5) is 40.5. The van der Waals surface area contributed by atoms with E-state index in [1.54, 1.807) is 31.6 Å². The Morgan fingerprint density at radius 2 is 1.73 bits per heavy atom. The molecule has 33 heavy (non-hydrogen) atoms. The fraction of sp³-hybridized carbons (Fsp3) is 0.500. The Morgan fingerprint density at radius 3 is 2.36 bits per heavy atom. The lowest BCUT2D eigenvalue weighted by Gasteiger charge is -2.24. The van der Waals surface area contributed by atoms with Gasteiger partial charge in [-0.2, -0.15) is 0 Å². The third-order valence-electron chi connectivity index (χ3n) is 6.15. The highest BCUT2D eigenvalue weighted by atomic mass is 16.3. The Labute approximate surface area is 195 Å². The molecule has 0 bridgehead atoms. The fourth-order valence-corrected chi connectivity index (χ4v) is 4.39. The van der Waals surface area contributed by atoms with Gasteiger partial charge in [0.05, 0.1) is 12.6 Å². The second-order valence-corrected chi connectivity index (χ2v) is 9.36. The molecule has 2 amide bonds. The number of amides is 2. The van der Waals surface area contributed by atoms with Crippen molar-refractivity contribution < 1.29 is 14.7 Å². The smallest absolute Gasteiger partial charge is 0.259 e. The molecule has 3 rings (SSSR count). The minimum absolute atomic E-state index is 0.0256. The molecule has 0 aliphatic heterocycles. The first-order chi connectivity index (χ1) is 15.8. The molecule has 0 radical (unpaired) electrons. The van der Waals surface area contributed by atoms with Crippen LogP contribution in [0.3, 0.4) is 0 Å². The molecule has 7 nitrogen and oxygen atoms in total. The van der Waals surface area contributed by atoms with Crippen molar-refractivity contribution in [3.63, 3.8) is 0 Å². The van der Waals surface area contributed by atoms with Crippen molar-refractivity contribution in [2.45, 2.75) is 64.6 Å². The Kier molecular flexibility index (Phi) is 8.44. The summed E-state index contributed by atoms with van der Waals surface area (Å²) in [5.41, 5.74) is 0.0309. The summed E-state index contributed by atoms with van der Waals surface area (Å²) < 4.78 is 1.82. The number of likely N-dealkylation sites (N-methyl/N-ethyl adjacent to an activating group) is 1. The van der Waals surface area contributed by atoms with E-state index in [-0.39, 0.29) is 23.7 Å². The van der Waals surface area contributed by atoms with Crippen LogP contribution in [-0.2, 0) is 6.54 Å². The first-order valence-electron chi connectivity index (χ1n) is 11.8. The van der Waals surface area contributed by atoms with E-state index in [0.29, 0.717) is 18.0 Å². The van der Waals surface area contributed by atoms with Gasteiger partial charge in [0.15, 0.2) is 0 Å². The van der Waals surface area contributed by atoms with Gasteiger partial charge in [0.25, 0.3) is 11.8 Å². The van der Waals surface area contributed by atoms with Crippen LogP contribution in [0.25, 0.3) is 0 Å². The zero-order valence-corrected chi connectivity index (χ0v) is 19.8. The topological polar surface area (TPSA) is 91.6 Å². The van der Waals surface area contributed by atoms with Crippen molar-refractivity contribution >= 4 is 11.8 Å². The second kappa shape index (κ2) is 11.3. The highest BCUT2D eigenvalue weighted by molar-refractivity contribution is 5.99. The van der Waals surface area contributed by atoms with Crippen LogP contribution in [0, 0.1) is 5.92 Å². The first kappa shape index (κ1) is 24.7. The molecule has 2 N–H and O–H groups in total. The zero-order chi connectivity index (χ0) is 24.0. The van der Waals surface area contributed by atoms with Gasteiger partial charge in [-0.25, -0.2) is 0 Å². The van der Waals surface area contributed by atoms with E-state index in [9.17, 15) is 19.5 Å². The summed E-state index contributed by atoms with van der Waals surface area (Å²) in [5, 5.41) is 13.3. The maximum absolute atomic E-state index is 13.2. The number of rotatable bonds is 8. The zero-order valence-electron chi connectivity index (χ0n) is 19.8. The molecule has 1 aromatic carbocycles. The summed E-state index contributed by atoms with van der Waals surface area (Å²) >= 11 is 0. The summed E-state index contributed by atoms with van der Waals surface area (Å²) in [6.07, 6.45) is 8.06. The van der Waals surface area contributed by atoms with E-state index in [4.69, 9.17) is 0 Å². The molecule has 178 valence electrons. The fourth-order valence-electron chi connectivity index (χ4n) is 4.39. The van der Waals surface area contributed by atoms with Gasteiger partial charge in [-0.3, -0.25) is 14.4 Å². The van der Waals surface area contributed by atoms with Crippen LogP contribution in [0.5, 0.6) is 0 Å². The number of carbonyl (C=O) groups is 2. The van der Waals surface area contributed by atoms with Crippen molar-refractivity contribution in [3.8, 4) is 0 Å². The Hall–Kier alpha value is -2.93. The monoisotopic (exact) mass is 453 g/mol. The summed E-state index contributed by atoms with van der Waals surface area (Å²) in [6.45, 7) is 4.35. The molecule has 1 fully saturated rings. The lowest BCUT2D eigenvalue weighted by Crippen LogP contribution is -2.39. The van der Waals surface area contributed by atoms with Crippen LogP contribution in [0.2, 0.25) is 0 Å². The normalized spacial score (nSPS) is 15.3. The van der Waals surface area contributed by atoms with E-state index >= 15 is 0 Å². The predicted molar refractivity (Wildman–Crippen MR) is 128 cm³/mol. The van der Waals surface area contributed by atoms with Crippen molar-refractivity contribution in [1.82, 2.24) is 14.8 Å². The number of hydrogen-bond donors (Lipinski definition) is 2. The minimum Gasteiger partial charge on any atom is -0.387 e. The summed E-state index contributed by atoms with van der Waals surface area (Å²) in [5.74, 6) is -0.525. The van der Waals surface area contributed by atoms with Gasteiger partial charge in [-0.1, -0.05) is 49.6 Å². The number of aromatic nitrogens is 1. The highest BCUT2D eigenvalue weighted by Crippen LogP contribution is 2.25. The Morgan fingerprint density at radius 1 is 1.09 bits per heavy atom. The standard InChI is InChI=1S/C26H35N3O4/c1-18(2)27-25(32)21-15-29(14-19-10-6-4-7-11-19)16-22(24(21)31)26(33)28(3)17-23(30)20-12-8-5-9-13-20/h5,8-9,12-13,15-16,18-19,23,30H,4,6-7,10-11,14,17H2,1-3H3,(H,27,32)/t23-/m1/s1. The van der Waals surface area contributed by atoms with Crippen molar-refractivity contribution in [2.75, 3.05) is 13.6 Å². The summed E-state index contributed by atoms with van der Waals surface area (Å²) in [7, 11) is 1.56. The minimum atomic E-state index is -0.878. The number of benzene rings is 1. The van der Waals surface area contributed by atoms with Gasteiger partial charge in [-0.15, -0.1) is 0 Å². The first-order valence-corrected chi connectivity index (χ1v) is 11.8. The third kappa shape index (κ3) is 6.54. The Bertz CT molecular complexity index is 1010. The molecule has 1 atom stereocenters. The average molecular weight is 454 g/mol. The van der Waals surface area contributed by atoms with E-state index in [1.807, 2.05) is 36.6 Å². The molecule has 0 unspecified atom stereocenters. The maximum Gasteiger partial charge on any atom is 0.259 e. The van der Waals surface area contributed by atoms with E-state index < -0.39 is 23.3 Å². The number of carbonyl (C=O) groups excluding carboxylic acids is 2. The molecular formula is C26H35N3O4. The van der Waals surface area contributed by atoms with Gasteiger partial charge >= 0.3 is 0 Å². The number of aliphatic hydroxyl groups is 1. The molecule has 2 aromatic rings. The molecule has 1 aliphatic rings. The van der Waals surface area contributed by atoms with Gasteiger partial charge in [-0.05, 0) is 38.2 Å². The molecule has 1 aromatic heterocycles. The molecule has 1 saturated carbocycles. The quantitative estimate of drug-likeness (QED) is 0.641. The number of nitrogens with zero attached hydrogens (tertiary/aromatic N) is 2.